The van der Waals surface area contributed by atoms with Crippen LogP contribution < -0.4 is 0 Å². The van der Waals surface area contributed by atoms with Crippen molar-refractivity contribution in [1.29, 1.82) is 0 Å². The first kappa shape index (κ1) is 13.2. The van der Waals surface area contributed by atoms with Crippen LogP contribution in [0.2, 0.25) is 0 Å². The minimum absolute atomic E-state index is 0.174. The Kier molecular flexibility index (Phi) is 2.84. The zero-order chi connectivity index (χ0) is 13.7. The summed E-state index contributed by atoms with van der Waals surface area (Å²) in [7, 11) is 0. The van der Waals surface area contributed by atoms with E-state index in [-0.39, 0.29) is 10.8 Å². The highest BCUT2D eigenvalue weighted by atomic mass is 14.7. The van der Waals surface area contributed by atoms with Crippen molar-refractivity contribution >= 4 is 10.9 Å². The molecular weight excluding hydrogens is 218 g/mol. The minimum Gasteiger partial charge on any atom is -0.358 e. The first-order chi connectivity index (χ1) is 8.10. The van der Waals surface area contributed by atoms with Crippen LogP contribution in [0.5, 0.6) is 0 Å². The van der Waals surface area contributed by atoms with Gasteiger partial charge in [-0.3, -0.25) is 0 Å². The average molecular weight is 243 g/mol. The molecule has 0 atom stereocenters. The molecule has 0 fully saturated rings. The van der Waals surface area contributed by atoms with E-state index < -0.39 is 0 Å². The maximum atomic E-state index is 3.62. The Hall–Kier alpha value is -1.24. The van der Waals surface area contributed by atoms with E-state index in [9.17, 15) is 0 Å². The second kappa shape index (κ2) is 3.88. The van der Waals surface area contributed by atoms with E-state index in [1.165, 1.54) is 27.7 Å². The van der Waals surface area contributed by atoms with Crippen LogP contribution in [0.1, 0.15) is 58.4 Å². The van der Waals surface area contributed by atoms with Gasteiger partial charge in [-0.1, -0.05) is 53.7 Å². The molecule has 0 unspecified atom stereocenters. The summed E-state index contributed by atoms with van der Waals surface area (Å²) in [5.41, 5.74) is 5.80. The van der Waals surface area contributed by atoms with E-state index in [0.29, 0.717) is 0 Å². The van der Waals surface area contributed by atoms with Crippen LogP contribution >= 0.6 is 0 Å². The number of benzene rings is 1. The van der Waals surface area contributed by atoms with E-state index >= 15 is 0 Å². The lowest BCUT2D eigenvalue weighted by atomic mass is 9.83. The SMILES string of the molecule is Cc1c(C(C)(C)C)ccc2cc(C(C)(C)C)[nH]c12. The van der Waals surface area contributed by atoms with E-state index in [0.717, 1.165) is 0 Å². The topological polar surface area (TPSA) is 15.8 Å². The van der Waals surface area contributed by atoms with Gasteiger partial charge in [0.2, 0.25) is 0 Å². The fourth-order valence-corrected chi connectivity index (χ4v) is 2.56. The Morgan fingerprint density at radius 3 is 2.00 bits per heavy atom. The molecule has 0 saturated heterocycles. The van der Waals surface area contributed by atoms with Gasteiger partial charge in [0.05, 0.1) is 0 Å². The molecule has 0 spiro atoms. The van der Waals surface area contributed by atoms with Gasteiger partial charge in [0.25, 0.3) is 0 Å². The number of hydrogen-bond donors (Lipinski definition) is 1. The number of nitrogens with one attached hydrogen (secondary N) is 1. The Bertz CT molecular complexity index is 574. The summed E-state index contributed by atoms with van der Waals surface area (Å²) in [4.78, 5) is 3.62. The molecule has 0 radical (unpaired) electrons. The first-order valence-corrected chi connectivity index (χ1v) is 6.74. The molecule has 2 aromatic rings. The third-order valence-electron chi connectivity index (χ3n) is 3.67. The van der Waals surface area contributed by atoms with Gasteiger partial charge < -0.3 is 4.98 Å². The molecule has 1 N–H and O–H groups in total. The number of fused-ring (bicyclic) bond motifs is 1. The van der Waals surface area contributed by atoms with E-state index in [2.05, 4.69) is 71.6 Å². The van der Waals surface area contributed by atoms with E-state index in [1.807, 2.05) is 0 Å². The predicted molar refractivity (Wildman–Crippen MR) is 80.4 cm³/mol. The number of H-pyrrole nitrogens is 1. The van der Waals surface area contributed by atoms with Gasteiger partial charge >= 0.3 is 0 Å². The van der Waals surface area contributed by atoms with Crippen molar-refractivity contribution in [3.63, 3.8) is 0 Å². The molecule has 1 nitrogen and oxygen atoms in total. The third kappa shape index (κ3) is 2.19. The largest absolute Gasteiger partial charge is 0.358 e. The lowest BCUT2D eigenvalue weighted by Gasteiger charge is -2.22. The van der Waals surface area contributed by atoms with Crippen LogP contribution in [-0.2, 0) is 10.8 Å². The first-order valence-electron chi connectivity index (χ1n) is 6.74. The summed E-state index contributed by atoms with van der Waals surface area (Å²) >= 11 is 0. The summed E-state index contributed by atoms with van der Waals surface area (Å²) in [6.45, 7) is 15.8. The third-order valence-corrected chi connectivity index (χ3v) is 3.67. The molecule has 18 heavy (non-hydrogen) atoms. The number of rotatable bonds is 0. The standard InChI is InChI=1S/C17H25N/c1-11-13(16(2,3)4)9-8-12-10-14(17(5,6)7)18-15(11)12/h8-10,18H,1-7H3. The van der Waals surface area contributed by atoms with Crippen LogP contribution in [0.15, 0.2) is 18.2 Å². The molecule has 2 rings (SSSR count). The van der Waals surface area contributed by atoms with Crippen molar-refractivity contribution in [2.75, 3.05) is 0 Å². The highest BCUT2D eigenvalue weighted by Gasteiger charge is 2.21. The molecule has 0 saturated carbocycles. The van der Waals surface area contributed by atoms with Crippen molar-refractivity contribution in [1.82, 2.24) is 4.98 Å². The lowest BCUT2D eigenvalue weighted by Crippen LogP contribution is -2.13. The lowest BCUT2D eigenvalue weighted by molar-refractivity contribution is 0.574. The zero-order valence-corrected chi connectivity index (χ0v) is 12.7. The maximum Gasteiger partial charge on any atom is 0.0488 e. The number of aromatic amines is 1. The molecule has 0 amide bonds. The van der Waals surface area contributed by atoms with Gasteiger partial charge in [0.15, 0.2) is 0 Å². The molecule has 0 aliphatic carbocycles. The Balaban J connectivity index is 2.69. The van der Waals surface area contributed by atoms with Gasteiger partial charge in [0.1, 0.15) is 0 Å². The maximum absolute atomic E-state index is 3.62. The Labute approximate surface area is 111 Å². The normalized spacial score (nSPS) is 13.3. The second-order valence-electron chi connectivity index (χ2n) is 7.39. The van der Waals surface area contributed by atoms with Crippen LogP contribution in [0, 0.1) is 6.92 Å². The molecule has 1 aromatic carbocycles. The van der Waals surface area contributed by atoms with E-state index in [4.69, 9.17) is 0 Å². The molecule has 98 valence electrons. The number of hydrogen-bond acceptors (Lipinski definition) is 0. The Morgan fingerprint density at radius 1 is 0.889 bits per heavy atom. The summed E-state index contributed by atoms with van der Waals surface area (Å²) in [5, 5.41) is 1.32. The number of aryl methyl sites for hydroxylation is 1. The molecule has 0 bridgehead atoms. The van der Waals surface area contributed by atoms with Crippen LogP contribution in [0.4, 0.5) is 0 Å². The summed E-state index contributed by atoms with van der Waals surface area (Å²) in [6, 6.07) is 6.81. The Morgan fingerprint density at radius 2 is 1.50 bits per heavy atom. The second-order valence-corrected chi connectivity index (χ2v) is 7.39. The van der Waals surface area contributed by atoms with Crippen molar-refractivity contribution in [3.05, 3.63) is 35.0 Å². The smallest absolute Gasteiger partial charge is 0.0488 e. The van der Waals surface area contributed by atoms with Crippen LogP contribution in [0.3, 0.4) is 0 Å². The average Bonchev–Trinajstić information content (AvgIpc) is 2.59. The predicted octanol–water partition coefficient (Wildman–Crippen LogP) is 5.07. The monoisotopic (exact) mass is 243 g/mol. The molecule has 0 aliphatic rings. The van der Waals surface area contributed by atoms with Gasteiger partial charge in [-0.15, -0.1) is 0 Å². The van der Waals surface area contributed by atoms with Gasteiger partial charge in [-0.05, 0) is 34.9 Å². The van der Waals surface area contributed by atoms with Crippen molar-refractivity contribution in [3.8, 4) is 0 Å². The quantitative estimate of drug-likeness (QED) is 0.665. The van der Waals surface area contributed by atoms with Crippen molar-refractivity contribution in [2.24, 2.45) is 0 Å². The summed E-state index contributed by atoms with van der Waals surface area (Å²) in [6.07, 6.45) is 0. The van der Waals surface area contributed by atoms with Crippen molar-refractivity contribution < 1.29 is 0 Å². The van der Waals surface area contributed by atoms with Crippen LogP contribution in [-0.4, -0.2) is 4.98 Å². The fourth-order valence-electron chi connectivity index (χ4n) is 2.56. The molecule has 1 heteroatoms. The highest BCUT2D eigenvalue weighted by Crippen LogP contribution is 2.33. The fraction of sp³-hybridized carbons (Fsp3) is 0.529. The summed E-state index contributed by atoms with van der Waals surface area (Å²) < 4.78 is 0. The zero-order valence-electron chi connectivity index (χ0n) is 12.7. The minimum atomic E-state index is 0.174. The highest BCUT2D eigenvalue weighted by molar-refractivity contribution is 5.85. The summed E-state index contributed by atoms with van der Waals surface area (Å²) in [5.74, 6) is 0. The molecular formula is C17H25N. The van der Waals surface area contributed by atoms with Gasteiger partial charge in [0, 0.05) is 16.6 Å². The van der Waals surface area contributed by atoms with Gasteiger partial charge in [-0.2, -0.15) is 0 Å². The van der Waals surface area contributed by atoms with Gasteiger partial charge in [-0.25, -0.2) is 0 Å². The molecule has 0 aliphatic heterocycles. The van der Waals surface area contributed by atoms with Crippen LogP contribution in [0.25, 0.3) is 10.9 Å². The number of aromatic nitrogens is 1. The molecule has 1 aromatic heterocycles. The van der Waals surface area contributed by atoms with Crippen molar-refractivity contribution in [2.45, 2.75) is 59.3 Å². The van der Waals surface area contributed by atoms with E-state index in [1.54, 1.807) is 0 Å². The molecule has 1 heterocycles.